The summed E-state index contributed by atoms with van der Waals surface area (Å²) in [5.41, 5.74) is 7.02. The average Bonchev–Trinajstić information content (AvgIpc) is 2.22. The van der Waals surface area contributed by atoms with Gasteiger partial charge in [0, 0.05) is 16.1 Å². The number of benzene rings is 1. The molecule has 1 aromatic rings. The Labute approximate surface area is 102 Å². The van der Waals surface area contributed by atoms with Crippen LogP contribution in [-0.2, 0) is 0 Å². The highest BCUT2D eigenvalue weighted by Crippen LogP contribution is 2.27. The summed E-state index contributed by atoms with van der Waals surface area (Å²) in [6.45, 7) is 2.18. The van der Waals surface area contributed by atoms with Crippen molar-refractivity contribution in [3.8, 4) is 0 Å². The number of nitrogens with two attached hydrogens (primary N) is 1. The van der Waals surface area contributed by atoms with Crippen molar-refractivity contribution in [2.24, 2.45) is 5.73 Å². The van der Waals surface area contributed by atoms with E-state index in [0.717, 1.165) is 18.4 Å². The van der Waals surface area contributed by atoms with E-state index in [9.17, 15) is 0 Å². The third kappa shape index (κ3) is 4.02. The number of hydrogen-bond donors (Lipinski definition) is 1. The van der Waals surface area contributed by atoms with Crippen LogP contribution in [0.2, 0.25) is 10.0 Å². The zero-order valence-electron chi connectivity index (χ0n) is 8.97. The highest BCUT2D eigenvalue weighted by atomic mass is 35.5. The Kier molecular flexibility index (Phi) is 5.44. The first kappa shape index (κ1) is 12.8. The molecule has 0 amide bonds. The van der Waals surface area contributed by atoms with Crippen LogP contribution in [0.5, 0.6) is 0 Å². The largest absolute Gasteiger partial charge is 0.324 e. The standard InChI is InChI=1S/C12H17Cl2N/c1-2-3-4-5-12(15)10-8-9(13)6-7-11(10)14/h6-8,12H,2-5,15H2,1H3/t12-/m0/s1. The molecule has 15 heavy (non-hydrogen) atoms. The Morgan fingerprint density at radius 3 is 2.67 bits per heavy atom. The maximum absolute atomic E-state index is 6.07. The third-order valence-corrected chi connectivity index (χ3v) is 3.06. The van der Waals surface area contributed by atoms with Crippen LogP contribution in [-0.4, -0.2) is 0 Å². The van der Waals surface area contributed by atoms with Crippen molar-refractivity contribution < 1.29 is 0 Å². The smallest absolute Gasteiger partial charge is 0.0454 e. The lowest BCUT2D eigenvalue weighted by molar-refractivity contribution is 0.581. The van der Waals surface area contributed by atoms with Crippen molar-refractivity contribution in [1.82, 2.24) is 0 Å². The summed E-state index contributed by atoms with van der Waals surface area (Å²) in [6, 6.07) is 5.45. The Balaban J connectivity index is 2.64. The molecule has 1 rings (SSSR count). The van der Waals surface area contributed by atoms with Gasteiger partial charge in [-0.05, 0) is 30.2 Å². The molecular formula is C12H17Cl2N. The fourth-order valence-electron chi connectivity index (χ4n) is 1.57. The topological polar surface area (TPSA) is 26.0 Å². The van der Waals surface area contributed by atoms with E-state index in [0.29, 0.717) is 10.0 Å². The summed E-state index contributed by atoms with van der Waals surface area (Å²) >= 11 is 12.0. The first-order valence-corrected chi connectivity index (χ1v) is 6.11. The first-order valence-electron chi connectivity index (χ1n) is 5.35. The molecule has 0 radical (unpaired) electrons. The molecule has 0 spiro atoms. The molecular weight excluding hydrogens is 229 g/mol. The van der Waals surface area contributed by atoms with E-state index in [1.165, 1.54) is 12.8 Å². The van der Waals surface area contributed by atoms with Gasteiger partial charge in [-0.15, -0.1) is 0 Å². The number of rotatable bonds is 5. The SMILES string of the molecule is CCCCC[C@H](N)c1cc(Cl)ccc1Cl. The molecule has 1 nitrogen and oxygen atoms in total. The number of unbranched alkanes of at least 4 members (excludes halogenated alkanes) is 2. The van der Waals surface area contributed by atoms with Crippen LogP contribution in [0, 0.1) is 0 Å². The quantitative estimate of drug-likeness (QED) is 0.756. The Morgan fingerprint density at radius 1 is 1.27 bits per heavy atom. The molecule has 0 aliphatic carbocycles. The summed E-state index contributed by atoms with van der Waals surface area (Å²) in [5, 5.41) is 1.41. The van der Waals surface area contributed by atoms with Crippen molar-refractivity contribution >= 4 is 23.2 Å². The van der Waals surface area contributed by atoms with E-state index < -0.39 is 0 Å². The lowest BCUT2D eigenvalue weighted by Crippen LogP contribution is -2.10. The van der Waals surface area contributed by atoms with Crippen LogP contribution in [0.4, 0.5) is 0 Å². The van der Waals surface area contributed by atoms with Gasteiger partial charge in [-0.2, -0.15) is 0 Å². The third-order valence-electron chi connectivity index (χ3n) is 2.48. The predicted molar refractivity (Wildman–Crippen MR) is 67.5 cm³/mol. The second kappa shape index (κ2) is 6.37. The number of hydrogen-bond acceptors (Lipinski definition) is 1. The summed E-state index contributed by atoms with van der Waals surface area (Å²) in [4.78, 5) is 0. The molecule has 0 bridgehead atoms. The van der Waals surface area contributed by atoms with Gasteiger partial charge in [0.2, 0.25) is 0 Å². The zero-order chi connectivity index (χ0) is 11.3. The van der Waals surface area contributed by atoms with E-state index in [1.54, 1.807) is 12.1 Å². The van der Waals surface area contributed by atoms with E-state index >= 15 is 0 Å². The fourth-order valence-corrected chi connectivity index (χ4v) is 2.01. The maximum atomic E-state index is 6.07. The molecule has 1 aromatic carbocycles. The lowest BCUT2D eigenvalue weighted by Gasteiger charge is -2.13. The zero-order valence-corrected chi connectivity index (χ0v) is 10.5. The van der Waals surface area contributed by atoms with Crippen LogP contribution < -0.4 is 5.73 Å². The van der Waals surface area contributed by atoms with Crippen LogP contribution in [0.15, 0.2) is 18.2 Å². The molecule has 2 N–H and O–H groups in total. The summed E-state index contributed by atoms with van der Waals surface area (Å²) in [7, 11) is 0. The first-order chi connectivity index (χ1) is 7.15. The molecule has 0 aromatic heterocycles. The Morgan fingerprint density at radius 2 is 2.00 bits per heavy atom. The van der Waals surface area contributed by atoms with Gasteiger partial charge in [0.15, 0.2) is 0 Å². The van der Waals surface area contributed by atoms with Crippen molar-refractivity contribution in [2.45, 2.75) is 38.6 Å². The maximum Gasteiger partial charge on any atom is 0.0454 e. The van der Waals surface area contributed by atoms with E-state index in [4.69, 9.17) is 28.9 Å². The summed E-state index contributed by atoms with van der Waals surface area (Å²) in [6.07, 6.45) is 4.52. The summed E-state index contributed by atoms with van der Waals surface area (Å²) in [5.74, 6) is 0. The van der Waals surface area contributed by atoms with Crippen LogP contribution in [0.25, 0.3) is 0 Å². The van der Waals surface area contributed by atoms with Gasteiger partial charge < -0.3 is 5.73 Å². The highest BCUT2D eigenvalue weighted by molar-refractivity contribution is 6.33. The van der Waals surface area contributed by atoms with Gasteiger partial charge in [0.25, 0.3) is 0 Å². The van der Waals surface area contributed by atoms with Crippen LogP contribution in [0.1, 0.15) is 44.2 Å². The Bertz CT molecular complexity index is 312. The molecule has 84 valence electrons. The van der Waals surface area contributed by atoms with Gasteiger partial charge in [-0.1, -0.05) is 49.4 Å². The minimum absolute atomic E-state index is 0.00255. The molecule has 0 aliphatic heterocycles. The molecule has 0 unspecified atom stereocenters. The van der Waals surface area contributed by atoms with Crippen LogP contribution in [0.3, 0.4) is 0 Å². The van der Waals surface area contributed by atoms with Crippen molar-refractivity contribution in [1.29, 1.82) is 0 Å². The second-order valence-electron chi connectivity index (χ2n) is 3.77. The molecule has 0 saturated carbocycles. The monoisotopic (exact) mass is 245 g/mol. The highest BCUT2D eigenvalue weighted by Gasteiger charge is 2.10. The van der Waals surface area contributed by atoms with Crippen LogP contribution >= 0.6 is 23.2 Å². The molecule has 0 fully saturated rings. The van der Waals surface area contributed by atoms with Crippen molar-refractivity contribution in [2.75, 3.05) is 0 Å². The van der Waals surface area contributed by atoms with Crippen molar-refractivity contribution in [3.05, 3.63) is 33.8 Å². The van der Waals surface area contributed by atoms with Crippen molar-refractivity contribution in [3.63, 3.8) is 0 Å². The van der Waals surface area contributed by atoms with E-state index in [-0.39, 0.29) is 6.04 Å². The van der Waals surface area contributed by atoms with Gasteiger partial charge in [0.05, 0.1) is 0 Å². The van der Waals surface area contributed by atoms with Gasteiger partial charge in [-0.25, -0.2) is 0 Å². The minimum atomic E-state index is 0.00255. The molecule has 0 aliphatic rings. The Hall–Kier alpha value is -0.240. The van der Waals surface area contributed by atoms with Gasteiger partial charge in [0.1, 0.15) is 0 Å². The average molecular weight is 246 g/mol. The minimum Gasteiger partial charge on any atom is -0.324 e. The van der Waals surface area contributed by atoms with Gasteiger partial charge >= 0.3 is 0 Å². The lowest BCUT2D eigenvalue weighted by atomic mass is 10.0. The van der Waals surface area contributed by atoms with E-state index in [2.05, 4.69) is 6.92 Å². The molecule has 0 saturated heterocycles. The molecule has 3 heteroatoms. The molecule has 0 heterocycles. The number of halogens is 2. The summed E-state index contributed by atoms with van der Waals surface area (Å²) < 4.78 is 0. The fraction of sp³-hybridized carbons (Fsp3) is 0.500. The predicted octanol–water partition coefficient (Wildman–Crippen LogP) is 4.57. The second-order valence-corrected chi connectivity index (χ2v) is 4.61. The van der Waals surface area contributed by atoms with E-state index in [1.807, 2.05) is 6.07 Å². The normalized spacial score (nSPS) is 12.8. The van der Waals surface area contributed by atoms with Gasteiger partial charge in [-0.3, -0.25) is 0 Å². The molecule has 1 atom stereocenters.